The largest absolute Gasteiger partial charge is 0.481 e. The van der Waals surface area contributed by atoms with Crippen LogP contribution in [-0.4, -0.2) is 80.8 Å². The molecule has 1 aliphatic carbocycles. The molecule has 2 N–H and O–H groups in total. The third-order valence-electron chi connectivity index (χ3n) is 8.36. The Morgan fingerprint density at radius 2 is 2.00 bits per heavy atom. The number of nitrogens with zero attached hydrogens (tertiary/aromatic N) is 2. The zero-order valence-electron chi connectivity index (χ0n) is 19.0. The van der Waals surface area contributed by atoms with Crippen molar-refractivity contribution in [2.45, 2.75) is 88.0 Å². The van der Waals surface area contributed by atoms with Gasteiger partial charge in [-0.05, 0) is 38.5 Å². The Labute approximate surface area is 189 Å². The van der Waals surface area contributed by atoms with Crippen molar-refractivity contribution >= 4 is 17.8 Å². The van der Waals surface area contributed by atoms with Gasteiger partial charge in [0, 0.05) is 25.7 Å². The van der Waals surface area contributed by atoms with E-state index in [1.54, 1.807) is 6.08 Å². The van der Waals surface area contributed by atoms with Crippen LogP contribution in [0.25, 0.3) is 0 Å². The van der Waals surface area contributed by atoms with Gasteiger partial charge in [0.25, 0.3) is 0 Å². The van der Waals surface area contributed by atoms with Crippen LogP contribution < -0.4 is 0 Å². The topological polar surface area (TPSA) is 107 Å². The number of hydrogen-bond donors (Lipinski definition) is 2. The first-order chi connectivity index (χ1) is 15.4. The number of ether oxygens (including phenoxy) is 1. The van der Waals surface area contributed by atoms with Crippen molar-refractivity contribution in [3.8, 4) is 0 Å². The number of aliphatic hydroxyl groups excluding tert-OH is 1. The molecule has 2 bridgehead atoms. The molecule has 32 heavy (non-hydrogen) atoms. The summed E-state index contributed by atoms with van der Waals surface area (Å²) >= 11 is 0. The average molecular weight is 449 g/mol. The fourth-order valence-electron chi connectivity index (χ4n) is 6.96. The van der Waals surface area contributed by atoms with E-state index in [1.807, 2.05) is 11.8 Å². The molecule has 1 saturated carbocycles. The van der Waals surface area contributed by atoms with E-state index in [2.05, 4.69) is 6.58 Å². The highest BCUT2D eigenvalue weighted by atomic mass is 16.5. The van der Waals surface area contributed by atoms with Gasteiger partial charge in [0.05, 0.1) is 11.5 Å². The molecule has 2 amide bonds. The number of aliphatic hydroxyl groups is 1. The Bertz CT molecular complexity index is 780. The van der Waals surface area contributed by atoms with Gasteiger partial charge in [-0.1, -0.05) is 32.3 Å². The minimum absolute atomic E-state index is 0.0912. The van der Waals surface area contributed by atoms with Crippen molar-refractivity contribution < 1.29 is 29.3 Å². The van der Waals surface area contributed by atoms with Crippen LogP contribution in [0.2, 0.25) is 0 Å². The van der Waals surface area contributed by atoms with Gasteiger partial charge in [0.1, 0.15) is 17.6 Å². The molecule has 3 aliphatic heterocycles. The molecule has 1 spiro atoms. The molecule has 8 heteroatoms. The van der Waals surface area contributed by atoms with Crippen LogP contribution in [0.5, 0.6) is 0 Å². The summed E-state index contributed by atoms with van der Waals surface area (Å²) < 4.78 is 6.55. The quantitative estimate of drug-likeness (QED) is 0.522. The van der Waals surface area contributed by atoms with Gasteiger partial charge >= 0.3 is 5.97 Å². The highest BCUT2D eigenvalue weighted by Crippen LogP contribution is 2.64. The minimum Gasteiger partial charge on any atom is -0.481 e. The number of rotatable bonds is 9. The van der Waals surface area contributed by atoms with Gasteiger partial charge in [-0.25, -0.2) is 0 Å². The first-order valence-corrected chi connectivity index (χ1v) is 12.1. The number of likely N-dealkylation sites (tertiary alicyclic amines) is 1. The van der Waals surface area contributed by atoms with E-state index >= 15 is 0 Å². The molecule has 0 aromatic heterocycles. The Hall–Kier alpha value is -1.93. The van der Waals surface area contributed by atoms with Crippen molar-refractivity contribution in [3.05, 3.63) is 12.7 Å². The minimum atomic E-state index is -1.11. The smallest absolute Gasteiger partial charge is 0.310 e. The summed E-state index contributed by atoms with van der Waals surface area (Å²) in [5, 5.41) is 19.5. The van der Waals surface area contributed by atoms with E-state index in [0.717, 1.165) is 32.1 Å². The van der Waals surface area contributed by atoms with Crippen molar-refractivity contribution in [3.63, 3.8) is 0 Å². The molecule has 178 valence electrons. The first-order valence-electron chi connectivity index (χ1n) is 12.1. The van der Waals surface area contributed by atoms with Gasteiger partial charge in [0.2, 0.25) is 11.8 Å². The number of carbonyl (C=O) groups is 3. The Morgan fingerprint density at radius 1 is 1.28 bits per heavy atom. The molecule has 8 nitrogen and oxygen atoms in total. The third kappa shape index (κ3) is 3.29. The second kappa shape index (κ2) is 8.78. The van der Waals surface area contributed by atoms with Crippen LogP contribution in [-0.2, 0) is 19.1 Å². The average Bonchev–Trinajstić information content (AvgIpc) is 3.40. The summed E-state index contributed by atoms with van der Waals surface area (Å²) in [5.41, 5.74) is -2.02. The maximum atomic E-state index is 14.1. The Morgan fingerprint density at radius 3 is 2.59 bits per heavy atom. The summed E-state index contributed by atoms with van der Waals surface area (Å²) in [4.78, 5) is 43.5. The van der Waals surface area contributed by atoms with E-state index in [0.29, 0.717) is 32.2 Å². The van der Waals surface area contributed by atoms with Crippen molar-refractivity contribution in [1.29, 1.82) is 0 Å². The standard InChI is InChI=1S/C24H36N2O6/c1-3-13-25(16-9-6-5-7-10-16)21(29)19-24-12-11-23(4-2,32-24)18(22(30)31)17(24)20(28)26(19)14-8-15-27/h3,16-19,27H,1,4-15H2,2H3,(H,30,31)/t17-,18+,19?,23-,24?/m0/s1. The summed E-state index contributed by atoms with van der Waals surface area (Å²) in [7, 11) is 0. The van der Waals surface area contributed by atoms with E-state index in [4.69, 9.17) is 4.74 Å². The maximum absolute atomic E-state index is 14.1. The van der Waals surface area contributed by atoms with Gasteiger partial charge in [-0.2, -0.15) is 0 Å². The number of carbonyl (C=O) groups excluding carboxylic acids is 2. The monoisotopic (exact) mass is 448 g/mol. The van der Waals surface area contributed by atoms with E-state index < -0.39 is 35.0 Å². The van der Waals surface area contributed by atoms with Gasteiger partial charge in [0.15, 0.2) is 0 Å². The predicted octanol–water partition coefficient (Wildman–Crippen LogP) is 1.96. The molecule has 0 aromatic carbocycles. The first kappa shape index (κ1) is 23.2. The molecule has 5 atom stereocenters. The molecule has 0 radical (unpaired) electrons. The summed E-state index contributed by atoms with van der Waals surface area (Å²) in [6.07, 6.45) is 8.71. The number of hydrogen-bond acceptors (Lipinski definition) is 5. The van der Waals surface area contributed by atoms with Crippen LogP contribution in [0.4, 0.5) is 0 Å². The molecule has 3 heterocycles. The second-order valence-electron chi connectivity index (χ2n) is 9.85. The molecule has 4 aliphatic rings. The lowest BCUT2D eigenvalue weighted by Crippen LogP contribution is -2.58. The SMILES string of the molecule is C=CCN(C(=O)C1N(CCCO)C(=O)[C@@H]2[C@H](C(=O)O)[C@]3(CC)CCC12O3)C1CCCCC1. The molecule has 0 aromatic rings. The number of amides is 2. The normalized spacial score (nSPS) is 36.4. The molecule has 3 saturated heterocycles. The van der Waals surface area contributed by atoms with Crippen molar-refractivity contribution in [2.24, 2.45) is 11.8 Å². The summed E-state index contributed by atoms with van der Waals surface area (Å²) in [5.74, 6) is -3.33. The molecule has 4 rings (SSSR count). The fraction of sp³-hybridized carbons (Fsp3) is 0.792. The summed E-state index contributed by atoms with van der Waals surface area (Å²) in [6.45, 7) is 6.24. The van der Waals surface area contributed by atoms with Gasteiger partial charge < -0.3 is 24.7 Å². The second-order valence-corrected chi connectivity index (χ2v) is 9.85. The lowest BCUT2D eigenvalue weighted by atomic mass is 9.65. The third-order valence-corrected chi connectivity index (χ3v) is 8.36. The lowest BCUT2D eigenvalue weighted by Gasteiger charge is -2.40. The van der Waals surface area contributed by atoms with Crippen LogP contribution in [0.3, 0.4) is 0 Å². The summed E-state index contributed by atoms with van der Waals surface area (Å²) in [6, 6.07) is -0.764. The number of fused-ring (bicyclic) bond motifs is 1. The Kier molecular flexibility index (Phi) is 6.38. The van der Waals surface area contributed by atoms with E-state index in [1.165, 1.54) is 4.90 Å². The highest BCUT2D eigenvalue weighted by molar-refractivity contribution is 5.98. The van der Waals surface area contributed by atoms with Crippen LogP contribution in [0.15, 0.2) is 12.7 Å². The van der Waals surface area contributed by atoms with Gasteiger partial charge in [-0.15, -0.1) is 6.58 Å². The van der Waals surface area contributed by atoms with Crippen LogP contribution >= 0.6 is 0 Å². The predicted molar refractivity (Wildman–Crippen MR) is 117 cm³/mol. The highest BCUT2D eigenvalue weighted by Gasteiger charge is 2.79. The van der Waals surface area contributed by atoms with Crippen LogP contribution in [0, 0.1) is 11.8 Å². The lowest BCUT2D eigenvalue weighted by molar-refractivity contribution is -0.158. The van der Waals surface area contributed by atoms with E-state index in [-0.39, 0.29) is 31.0 Å². The van der Waals surface area contributed by atoms with Crippen molar-refractivity contribution in [1.82, 2.24) is 9.80 Å². The van der Waals surface area contributed by atoms with Gasteiger partial charge in [-0.3, -0.25) is 14.4 Å². The molecule has 4 fully saturated rings. The molecular weight excluding hydrogens is 412 g/mol. The zero-order valence-corrected chi connectivity index (χ0v) is 19.0. The number of carboxylic acids is 1. The van der Waals surface area contributed by atoms with Crippen LogP contribution in [0.1, 0.15) is 64.7 Å². The van der Waals surface area contributed by atoms with Crippen molar-refractivity contribution in [2.75, 3.05) is 19.7 Å². The maximum Gasteiger partial charge on any atom is 0.310 e. The molecular formula is C24H36N2O6. The fourth-order valence-corrected chi connectivity index (χ4v) is 6.96. The Balaban J connectivity index is 1.75. The number of carboxylic acid groups (broad SMARTS) is 1. The molecule has 2 unspecified atom stereocenters. The van der Waals surface area contributed by atoms with E-state index in [9.17, 15) is 24.6 Å². The number of aliphatic carboxylic acids is 1. The zero-order chi connectivity index (χ0) is 23.1.